The molecule has 1 aromatic carbocycles. The maximum absolute atomic E-state index is 12.3. The van der Waals surface area contributed by atoms with Crippen LogP contribution in [-0.2, 0) is 16.4 Å². The third kappa shape index (κ3) is 3.94. The first-order valence-corrected chi connectivity index (χ1v) is 8.14. The summed E-state index contributed by atoms with van der Waals surface area (Å²) in [5, 5.41) is 0. The van der Waals surface area contributed by atoms with Crippen molar-refractivity contribution < 1.29 is 8.42 Å². The number of nitrogens with one attached hydrogen (secondary N) is 1. The zero-order valence-corrected chi connectivity index (χ0v) is 13.7. The second kappa shape index (κ2) is 6.11. The zero-order valence-electron chi connectivity index (χ0n) is 12.9. The molecule has 5 nitrogen and oxygen atoms in total. The largest absolute Gasteiger partial charge is 0.398 e. The first-order chi connectivity index (χ1) is 9.10. The van der Waals surface area contributed by atoms with Crippen molar-refractivity contribution in [2.24, 2.45) is 0 Å². The Bertz CT molecular complexity index is 566. The Labute approximate surface area is 122 Å². The predicted molar refractivity (Wildman–Crippen MR) is 83.2 cm³/mol. The third-order valence-corrected chi connectivity index (χ3v) is 5.11. The van der Waals surface area contributed by atoms with Crippen molar-refractivity contribution in [3.05, 3.63) is 23.8 Å². The molecule has 1 rings (SSSR count). The van der Waals surface area contributed by atoms with E-state index in [0.717, 1.165) is 12.0 Å². The van der Waals surface area contributed by atoms with Gasteiger partial charge in [-0.25, -0.2) is 13.1 Å². The van der Waals surface area contributed by atoms with Crippen LogP contribution in [0, 0.1) is 0 Å². The lowest BCUT2D eigenvalue weighted by molar-refractivity contribution is 0.199. The van der Waals surface area contributed by atoms with Gasteiger partial charge in [-0.2, -0.15) is 0 Å². The normalized spacial score (nSPS) is 12.9. The van der Waals surface area contributed by atoms with Gasteiger partial charge in [-0.05, 0) is 52.1 Å². The first kappa shape index (κ1) is 16.9. The van der Waals surface area contributed by atoms with E-state index >= 15 is 0 Å². The number of hydrogen-bond donors (Lipinski definition) is 2. The molecule has 0 saturated heterocycles. The topological polar surface area (TPSA) is 75.4 Å². The monoisotopic (exact) mass is 299 g/mol. The maximum atomic E-state index is 12.3. The van der Waals surface area contributed by atoms with Crippen LogP contribution < -0.4 is 10.5 Å². The van der Waals surface area contributed by atoms with Gasteiger partial charge >= 0.3 is 0 Å². The first-order valence-electron chi connectivity index (χ1n) is 6.65. The number of aryl methyl sites for hydroxylation is 1. The van der Waals surface area contributed by atoms with Crippen molar-refractivity contribution in [1.82, 2.24) is 9.62 Å². The highest BCUT2D eigenvalue weighted by Crippen LogP contribution is 2.19. The van der Waals surface area contributed by atoms with E-state index in [4.69, 9.17) is 5.73 Å². The smallest absolute Gasteiger partial charge is 0.240 e. The fourth-order valence-corrected chi connectivity index (χ4v) is 2.81. The molecule has 0 aliphatic heterocycles. The maximum Gasteiger partial charge on any atom is 0.240 e. The van der Waals surface area contributed by atoms with Gasteiger partial charge in [0.05, 0.1) is 4.90 Å². The fourth-order valence-electron chi connectivity index (χ4n) is 1.58. The van der Waals surface area contributed by atoms with Crippen molar-refractivity contribution in [1.29, 1.82) is 0 Å². The molecule has 0 radical (unpaired) electrons. The molecule has 0 amide bonds. The number of nitrogen functional groups attached to an aromatic ring is 1. The van der Waals surface area contributed by atoms with Crippen molar-refractivity contribution in [2.45, 2.75) is 37.6 Å². The summed E-state index contributed by atoms with van der Waals surface area (Å²) in [5.74, 6) is 0. The van der Waals surface area contributed by atoms with Gasteiger partial charge in [-0.1, -0.05) is 13.0 Å². The molecule has 0 aliphatic rings. The minimum atomic E-state index is -3.53. The molecule has 6 heteroatoms. The molecule has 0 aliphatic carbocycles. The minimum absolute atomic E-state index is 0.210. The van der Waals surface area contributed by atoms with Crippen LogP contribution in [0.25, 0.3) is 0 Å². The molecule has 1 aromatic rings. The molecule has 0 heterocycles. The summed E-state index contributed by atoms with van der Waals surface area (Å²) in [4.78, 5) is 2.19. The van der Waals surface area contributed by atoms with Crippen LogP contribution in [0.2, 0.25) is 0 Å². The van der Waals surface area contributed by atoms with Crippen molar-refractivity contribution in [2.75, 3.05) is 26.4 Å². The second-order valence-electron chi connectivity index (χ2n) is 5.75. The molecule has 114 valence electrons. The predicted octanol–water partition coefficient (Wildman–Crippen LogP) is 1.45. The zero-order chi connectivity index (χ0) is 15.6. The number of sulfonamides is 1. The summed E-state index contributed by atoms with van der Waals surface area (Å²) < 4.78 is 27.2. The molecule has 0 spiro atoms. The Morgan fingerprint density at radius 2 is 1.90 bits per heavy atom. The molecule has 0 bridgehead atoms. The van der Waals surface area contributed by atoms with Gasteiger partial charge < -0.3 is 10.6 Å². The van der Waals surface area contributed by atoms with Gasteiger partial charge in [0, 0.05) is 17.8 Å². The van der Waals surface area contributed by atoms with Crippen molar-refractivity contribution >= 4 is 15.7 Å². The van der Waals surface area contributed by atoms with Crippen LogP contribution in [0.5, 0.6) is 0 Å². The van der Waals surface area contributed by atoms with Crippen LogP contribution >= 0.6 is 0 Å². The van der Waals surface area contributed by atoms with Crippen LogP contribution in [0.4, 0.5) is 5.69 Å². The van der Waals surface area contributed by atoms with E-state index in [0.29, 0.717) is 12.2 Å². The van der Waals surface area contributed by atoms with E-state index in [-0.39, 0.29) is 10.4 Å². The molecule has 0 saturated carbocycles. The number of nitrogens with zero attached hydrogens (tertiary/aromatic N) is 1. The lowest BCUT2D eigenvalue weighted by atomic mass is 10.1. The molecule has 0 fully saturated rings. The average molecular weight is 299 g/mol. The number of likely N-dealkylation sites (N-methyl/N-ethyl adjacent to an activating group) is 1. The van der Waals surface area contributed by atoms with Crippen LogP contribution in [0.15, 0.2) is 23.1 Å². The summed E-state index contributed by atoms with van der Waals surface area (Å²) in [6, 6.07) is 4.88. The van der Waals surface area contributed by atoms with E-state index in [1.165, 1.54) is 6.07 Å². The second-order valence-corrected chi connectivity index (χ2v) is 7.51. The quantitative estimate of drug-likeness (QED) is 0.780. The summed E-state index contributed by atoms with van der Waals surface area (Å²) >= 11 is 0. The van der Waals surface area contributed by atoms with Gasteiger partial charge in [0.25, 0.3) is 0 Å². The van der Waals surface area contributed by atoms with Crippen molar-refractivity contribution in [3.63, 3.8) is 0 Å². The highest BCUT2D eigenvalue weighted by molar-refractivity contribution is 7.89. The minimum Gasteiger partial charge on any atom is -0.398 e. The SMILES string of the molecule is CCc1ccc(S(=O)(=O)NCC(C)(C)N(C)C)cc1N. The van der Waals surface area contributed by atoms with Crippen LogP contribution in [-0.4, -0.2) is 39.5 Å². The van der Waals surface area contributed by atoms with E-state index < -0.39 is 10.0 Å². The Kier molecular flexibility index (Phi) is 5.18. The highest BCUT2D eigenvalue weighted by Gasteiger charge is 2.24. The standard InChI is InChI=1S/C14H25N3O2S/c1-6-11-7-8-12(9-13(11)15)20(18,19)16-10-14(2,3)17(4)5/h7-9,16H,6,10,15H2,1-5H3. The number of anilines is 1. The van der Waals surface area contributed by atoms with Gasteiger partial charge in [0.15, 0.2) is 0 Å². The molecular formula is C14H25N3O2S. The van der Waals surface area contributed by atoms with E-state index in [1.807, 2.05) is 39.8 Å². The summed E-state index contributed by atoms with van der Waals surface area (Å²) in [6.07, 6.45) is 0.785. The fraction of sp³-hybridized carbons (Fsp3) is 0.571. The molecule has 3 N–H and O–H groups in total. The number of hydrogen-bond acceptors (Lipinski definition) is 4. The van der Waals surface area contributed by atoms with E-state index in [9.17, 15) is 8.42 Å². The lowest BCUT2D eigenvalue weighted by Crippen LogP contribution is -2.48. The van der Waals surface area contributed by atoms with E-state index in [2.05, 4.69) is 4.72 Å². The van der Waals surface area contributed by atoms with Gasteiger partial charge in [-0.3, -0.25) is 0 Å². The summed E-state index contributed by atoms with van der Waals surface area (Å²) in [7, 11) is 0.307. The molecular weight excluding hydrogens is 274 g/mol. The number of nitrogens with two attached hydrogens (primary N) is 1. The lowest BCUT2D eigenvalue weighted by Gasteiger charge is -2.32. The Morgan fingerprint density at radius 3 is 2.35 bits per heavy atom. The molecule has 0 unspecified atom stereocenters. The number of rotatable bonds is 6. The third-order valence-electron chi connectivity index (χ3n) is 3.71. The Balaban J connectivity index is 2.92. The average Bonchev–Trinajstić information content (AvgIpc) is 2.36. The Hall–Kier alpha value is -1.11. The van der Waals surface area contributed by atoms with Gasteiger partial charge in [0.2, 0.25) is 10.0 Å². The van der Waals surface area contributed by atoms with Crippen molar-refractivity contribution in [3.8, 4) is 0 Å². The van der Waals surface area contributed by atoms with E-state index in [1.54, 1.807) is 12.1 Å². The molecule has 0 aromatic heterocycles. The van der Waals surface area contributed by atoms with Crippen LogP contribution in [0.3, 0.4) is 0 Å². The Morgan fingerprint density at radius 1 is 1.30 bits per heavy atom. The van der Waals surface area contributed by atoms with Gasteiger partial charge in [-0.15, -0.1) is 0 Å². The molecule has 20 heavy (non-hydrogen) atoms. The number of benzene rings is 1. The summed E-state index contributed by atoms with van der Waals surface area (Å²) in [6.45, 7) is 6.27. The van der Waals surface area contributed by atoms with Crippen LogP contribution in [0.1, 0.15) is 26.3 Å². The summed E-state index contributed by atoms with van der Waals surface area (Å²) in [5.41, 5.74) is 7.07. The highest BCUT2D eigenvalue weighted by atomic mass is 32.2. The van der Waals surface area contributed by atoms with Gasteiger partial charge in [0.1, 0.15) is 0 Å². The molecule has 0 atom stereocenters.